The highest BCUT2D eigenvalue weighted by Gasteiger charge is 2.26. The molecule has 8 heteroatoms. The van der Waals surface area contributed by atoms with Crippen LogP contribution in [0.1, 0.15) is 12.8 Å². The van der Waals surface area contributed by atoms with Gasteiger partial charge in [0, 0.05) is 19.3 Å². The predicted molar refractivity (Wildman–Crippen MR) is 81.8 cm³/mol. The Labute approximate surface area is 129 Å². The lowest BCUT2D eigenvalue weighted by Crippen LogP contribution is -2.45. The molecule has 6 nitrogen and oxygen atoms in total. The number of nitrogens with one attached hydrogen (secondary N) is 1. The van der Waals surface area contributed by atoms with Crippen LogP contribution in [0.4, 0.5) is 5.69 Å². The average molecular weight is 332 g/mol. The van der Waals surface area contributed by atoms with Gasteiger partial charge in [0.1, 0.15) is 0 Å². The van der Waals surface area contributed by atoms with Gasteiger partial charge in [0.05, 0.1) is 21.5 Å². The molecule has 1 aromatic rings. The third-order valence-electron chi connectivity index (χ3n) is 3.62. The predicted octanol–water partition coefficient (Wildman–Crippen LogP) is 0.950. The van der Waals surface area contributed by atoms with Crippen LogP contribution in [0, 0.1) is 5.92 Å². The Kier molecular flexibility index (Phi) is 4.75. The van der Waals surface area contributed by atoms with Crippen LogP contribution in [0.15, 0.2) is 23.1 Å². The van der Waals surface area contributed by atoms with E-state index in [0.717, 1.165) is 31.3 Å². The fraction of sp³-hybridized carbons (Fsp3) is 0.462. The van der Waals surface area contributed by atoms with Crippen molar-refractivity contribution in [1.82, 2.24) is 5.43 Å². The average Bonchev–Trinajstić information content (AvgIpc) is 2.45. The Bertz CT molecular complexity index is 648. The molecule has 0 radical (unpaired) electrons. The second-order valence-electron chi connectivity index (χ2n) is 5.18. The van der Waals surface area contributed by atoms with Gasteiger partial charge in [-0.3, -0.25) is 10.2 Å². The van der Waals surface area contributed by atoms with Gasteiger partial charge in [0.25, 0.3) is 0 Å². The summed E-state index contributed by atoms with van der Waals surface area (Å²) < 4.78 is 23.0. The Morgan fingerprint density at radius 3 is 2.76 bits per heavy atom. The molecule has 2 rings (SSSR count). The first-order chi connectivity index (χ1) is 9.82. The highest BCUT2D eigenvalue weighted by Crippen LogP contribution is 2.31. The number of anilines is 1. The normalized spacial score (nSPS) is 19.4. The summed E-state index contributed by atoms with van der Waals surface area (Å²) in [7, 11) is -3.28. The van der Waals surface area contributed by atoms with Crippen LogP contribution in [0.5, 0.6) is 0 Å². The molecule has 1 aromatic carbocycles. The number of nitrogens with two attached hydrogens (primary N) is 1. The summed E-state index contributed by atoms with van der Waals surface area (Å²) >= 11 is 6.20. The van der Waals surface area contributed by atoms with Crippen molar-refractivity contribution in [3.8, 4) is 0 Å². The fourth-order valence-corrected chi connectivity index (χ4v) is 3.51. The maximum absolute atomic E-state index is 11.6. The van der Waals surface area contributed by atoms with E-state index in [1.165, 1.54) is 12.1 Å². The third kappa shape index (κ3) is 3.66. The number of piperidine rings is 1. The lowest BCUT2D eigenvalue weighted by molar-refractivity contribution is -0.125. The van der Waals surface area contributed by atoms with Crippen LogP contribution in [0.2, 0.25) is 5.02 Å². The van der Waals surface area contributed by atoms with E-state index < -0.39 is 9.84 Å². The Morgan fingerprint density at radius 2 is 2.19 bits per heavy atom. The van der Waals surface area contributed by atoms with Crippen LogP contribution in [-0.2, 0) is 14.6 Å². The van der Waals surface area contributed by atoms with Gasteiger partial charge in [-0.2, -0.15) is 0 Å². The van der Waals surface area contributed by atoms with E-state index in [9.17, 15) is 13.2 Å². The second kappa shape index (κ2) is 6.21. The Hall–Kier alpha value is -1.31. The van der Waals surface area contributed by atoms with E-state index in [1.807, 2.05) is 4.90 Å². The summed E-state index contributed by atoms with van der Waals surface area (Å²) in [6.45, 7) is 1.28. The van der Waals surface area contributed by atoms with Crippen molar-refractivity contribution in [3.63, 3.8) is 0 Å². The van der Waals surface area contributed by atoms with Crippen molar-refractivity contribution in [2.75, 3.05) is 24.2 Å². The Morgan fingerprint density at radius 1 is 1.48 bits per heavy atom. The van der Waals surface area contributed by atoms with E-state index in [1.54, 1.807) is 6.07 Å². The number of benzene rings is 1. The topological polar surface area (TPSA) is 92.5 Å². The van der Waals surface area contributed by atoms with Gasteiger partial charge in [-0.05, 0) is 31.0 Å². The van der Waals surface area contributed by atoms with Crippen molar-refractivity contribution in [2.45, 2.75) is 17.7 Å². The molecule has 1 amide bonds. The molecule has 3 N–H and O–H groups in total. The van der Waals surface area contributed by atoms with Gasteiger partial charge in [-0.25, -0.2) is 14.3 Å². The number of hydrogen-bond acceptors (Lipinski definition) is 5. The number of sulfone groups is 1. The van der Waals surface area contributed by atoms with E-state index in [2.05, 4.69) is 5.43 Å². The molecule has 1 atom stereocenters. The number of carbonyl (C=O) groups is 1. The quantitative estimate of drug-likeness (QED) is 0.489. The molecule has 0 spiro atoms. The zero-order valence-electron chi connectivity index (χ0n) is 11.7. The molecular weight excluding hydrogens is 314 g/mol. The smallest absolute Gasteiger partial charge is 0.238 e. The molecule has 0 bridgehead atoms. The molecular formula is C13H18ClN3O3S. The standard InChI is InChI=1S/C13H18ClN3O3S/c1-21(19,20)10-4-5-12(11(14)7-10)17-6-2-3-9(8-17)13(18)16-15/h4-5,7,9H,2-3,6,8,15H2,1H3,(H,16,18)/t9-/m0/s1. The zero-order chi connectivity index (χ0) is 15.6. The molecule has 1 fully saturated rings. The largest absolute Gasteiger partial charge is 0.370 e. The van der Waals surface area contributed by atoms with Gasteiger partial charge >= 0.3 is 0 Å². The van der Waals surface area contributed by atoms with Gasteiger partial charge in [0.15, 0.2) is 9.84 Å². The van der Waals surface area contributed by atoms with E-state index in [0.29, 0.717) is 11.6 Å². The van der Waals surface area contributed by atoms with Crippen LogP contribution >= 0.6 is 11.6 Å². The van der Waals surface area contributed by atoms with Crippen LogP contribution in [0.3, 0.4) is 0 Å². The van der Waals surface area contributed by atoms with Crippen molar-refractivity contribution >= 4 is 33.0 Å². The molecule has 1 aliphatic heterocycles. The first-order valence-electron chi connectivity index (χ1n) is 6.58. The van der Waals surface area contributed by atoms with Crippen molar-refractivity contribution < 1.29 is 13.2 Å². The molecule has 1 heterocycles. The van der Waals surface area contributed by atoms with Crippen LogP contribution in [0.25, 0.3) is 0 Å². The summed E-state index contributed by atoms with van der Waals surface area (Å²) in [6, 6.07) is 4.66. The van der Waals surface area contributed by atoms with Gasteiger partial charge in [0.2, 0.25) is 5.91 Å². The first kappa shape index (κ1) is 16.1. The minimum Gasteiger partial charge on any atom is -0.370 e. The molecule has 21 heavy (non-hydrogen) atoms. The minimum atomic E-state index is -3.28. The van der Waals surface area contributed by atoms with E-state index in [4.69, 9.17) is 17.4 Å². The number of amides is 1. The molecule has 0 unspecified atom stereocenters. The number of rotatable bonds is 3. The fourth-order valence-electron chi connectivity index (χ4n) is 2.50. The summed E-state index contributed by atoms with van der Waals surface area (Å²) in [5, 5.41) is 0.367. The summed E-state index contributed by atoms with van der Waals surface area (Å²) in [4.78, 5) is 13.8. The summed E-state index contributed by atoms with van der Waals surface area (Å²) in [6.07, 6.45) is 2.77. The highest BCUT2D eigenvalue weighted by atomic mass is 35.5. The summed E-state index contributed by atoms with van der Waals surface area (Å²) in [5.74, 6) is 4.80. The van der Waals surface area contributed by atoms with Gasteiger partial charge in [-0.15, -0.1) is 0 Å². The van der Waals surface area contributed by atoms with Crippen molar-refractivity contribution in [1.29, 1.82) is 0 Å². The Balaban J connectivity index is 2.24. The molecule has 0 saturated carbocycles. The number of nitrogens with zero attached hydrogens (tertiary/aromatic N) is 1. The monoisotopic (exact) mass is 331 g/mol. The molecule has 0 aromatic heterocycles. The van der Waals surface area contributed by atoms with Gasteiger partial charge < -0.3 is 4.90 Å². The maximum atomic E-state index is 11.6. The lowest BCUT2D eigenvalue weighted by Gasteiger charge is -2.34. The molecule has 1 saturated heterocycles. The maximum Gasteiger partial charge on any atom is 0.238 e. The van der Waals surface area contributed by atoms with E-state index in [-0.39, 0.29) is 16.7 Å². The molecule has 1 aliphatic rings. The van der Waals surface area contributed by atoms with Gasteiger partial charge in [-0.1, -0.05) is 11.6 Å². The highest BCUT2D eigenvalue weighted by molar-refractivity contribution is 7.90. The zero-order valence-corrected chi connectivity index (χ0v) is 13.2. The number of carbonyl (C=O) groups excluding carboxylic acids is 1. The van der Waals surface area contributed by atoms with Crippen LogP contribution < -0.4 is 16.2 Å². The van der Waals surface area contributed by atoms with Crippen LogP contribution in [-0.4, -0.2) is 33.7 Å². The second-order valence-corrected chi connectivity index (χ2v) is 7.60. The van der Waals surface area contributed by atoms with E-state index >= 15 is 0 Å². The minimum absolute atomic E-state index is 0.185. The summed E-state index contributed by atoms with van der Waals surface area (Å²) in [5.41, 5.74) is 2.91. The molecule has 116 valence electrons. The lowest BCUT2D eigenvalue weighted by atomic mass is 9.97. The SMILES string of the molecule is CS(=O)(=O)c1ccc(N2CCC[C@H](C(=O)NN)C2)c(Cl)c1. The molecule has 0 aliphatic carbocycles. The number of halogens is 1. The number of hydrazine groups is 1. The van der Waals surface area contributed by atoms with Crippen molar-refractivity contribution in [2.24, 2.45) is 11.8 Å². The number of hydrogen-bond donors (Lipinski definition) is 2. The van der Waals surface area contributed by atoms with Crippen molar-refractivity contribution in [3.05, 3.63) is 23.2 Å². The first-order valence-corrected chi connectivity index (χ1v) is 8.85. The third-order valence-corrected chi connectivity index (χ3v) is 5.04.